The Bertz CT molecular complexity index is 569. The average molecular weight is 300 g/mol. The van der Waals surface area contributed by atoms with Gasteiger partial charge in [-0.05, 0) is 62.0 Å². The lowest BCUT2D eigenvalue weighted by Crippen LogP contribution is -2.35. The van der Waals surface area contributed by atoms with Crippen LogP contribution in [0, 0.1) is 0 Å². The molecule has 0 saturated heterocycles. The van der Waals surface area contributed by atoms with E-state index in [1.54, 1.807) is 0 Å². The number of hydrogen-bond acceptors (Lipinski definition) is 2. The van der Waals surface area contributed by atoms with Crippen LogP contribution in [0.5, 0.6) is 11.5 Å². The van der Waals surface area contributed by atoms with Gasteiger partial charge in [0.05, 0.1) is 0 Å². The molecular weight excluding hydrogens is 280 g/mol. The highest BCUT2D eigenvalue weighted by atomic mass is 32.1. The summed E-state index contributed by atoms with van der Waals surface area (Å²) in [5.74, 6) is 1.62. The van der Waals surface area contributed by atoms with Crippen LogP contribution in [0.3, 0.4) is 0 Å². The van der Waals surface area contributed by atoms with Gasteiger partial charge in [-0.1, -0.05) is 25.1 Å². The molecule has 0 radical (unpaired) electrons. The standard InChI is InChI=1S/C17H20N2OS/c1-3-13(2)18-17(21)19-14-9-11-16(12-10-14)20-15-7-5-4-6-8-15/h4-13H,3H2,1-2H3,(H2,18,19,21)/t13-/m1/s1. The maximum absolute atomic E-state index is 5.74. The molecule has 21 heavy (non-hydrogen) atoms. The molecular formula is C17H20N2OS. The van der Waals surface area contributed by atoms with Crippen LogP contribution >= 0.6 is 12.2 Å². The molecule has 1 atom stereocenters. The molecule has 110 valence electrons. The van der Waals surface area contributed by atoms with Crippen molar-refractivity contribution in [3.63, 3.8) is 0 Å². The molecule has 0 aliphatic carbocycles. The number of rotatable bonds is 5. The summed E-state index contributed by atoms with van der Waals surface area (Å²) in [5.41, 5.74) is 0.941. The number of benzene rings is 2. The Kier molecular flexibility index (Phi) is 5.58. The summed E-state index contributed by atoms with van der Waals surface area (Å²) in [6.45, 7) is 4.22. The normalized spacial score (nSPS) is 11.5. The van der Waals surface area contributed by atoms with E-state index in [4.69, 9.17) is 17.0 Å². The third-order valence-corrected chi connectivity index (χ3v) is 3.30. The predicted molar refractivity (Wildman–Crippen MR) is 92.1 cm³/mol. The number of thiocarbonyl (C=S) groups is 1. The molecule has 0 unspecified atom stereocenters. The molecule has 2 rings (SSSR count). The lowest BCUT2D eigenvalue weighted by atomic mass is 10.3. The van der Waals surface area contributed by atoms with E-state index < -0.39 is 0 Å². The fourth-order valence-electron chi connectivity index (χ4n) is 1.72. The van der Waals surface area contributed by atoms with E-state index >= 15 is 0 Å². The molecule has 2 N–H and O–H groups in total. The van der Waals surface area contributed by atoms with Gasteiger partial charge in [0, 0.05) is 11.7 Å². The molecule has 3 nitrogen and oxygen atoms in total. The van der Waals surface area contributed by atoms with Gasteiger partial charge in [0.1, 0.15) is 11.5 Å². The van der Waals surface area contributed by atoms with Gasteiger partial charge in [0.25, 0.3) is 0 Å². The van der Waals surface area contributed by atoms with Gasteiger partial charge >= 0.3 is 0 Å². The van der Waals surface area contributed by atoms with Crippen molar-refractivity contribution in [3.8, 4) is 11.5 Å². The Hall–Kier alpha value is -2.07. The molecule has 0 amide bonds. The van der Waals surface area contributed by atoms with Gasteiger partial charge in [-0.15, -0.1) is 0 Å². The second-order valence-corrected chi connectivity index (χ2v) is 5.26. The van der Waals surface area contributed by atoms with Gasteiger partial charge in [-0.25, -0.2) is 0 Å². The Balaban J connectivity index is 1.91. The Labute approximate surface area is 131 Å². The molecule has 2 aromatic carbocycles. The lowest BCUT2D eigenvalue weighted by Gasteiger charge is -2.15. The number of hydrogen-bond donors (Lipinski definition) is 2. The van der Waals surface area contributed by atoms with Crippen molar-refractivity contribution >= 4 is 23.0 Å². The van der Waals surface area contributed by atoms with Gasteiger partial charge in [-0.3, -0.25) is 0 Å². The minimum Gasteiger partial charge on any atom is -0.457 e. The van der Waals surface area contributed by atoms with Crippen LogP contribution in [0.15, 0.2) is 54.6 Å². The van der Waals surface area contributed by atoms with Gasteiger partial charge < -0.3 is 15.4 Å². The Morgan fingerprint density at radius 2 is 1.67 bits per heavy atom. The van der Waals surface area contributed by atoms with E-state index in [1.165, 1.54) is 0 Å². The Morgan fingerprint density at radius 3 is 2.29 bits per heavy atom. The molecule has 4 heteroatoms. The molecule has 0 heterocycles. The summed E-state index contributed by atoms with van der Waals surface area (Å²) in [4.78, 5) is 0. The zero-order valence-electron chi connectivity index (χ0n) is 12.3. The molecule has 0 bridgehead atoms. The highest BCUT2D eigenvalue weighted by Gasteiger charge is 2.02. The average Bonchev–Trinajstić information content (AvgIpc) is 2.50. The van der Waals surface area contributed by atoms with Gasteiger partial charge in [-0.2, -0.15) is 0 Å². The summed E-state index contributed by atoms with van der Waals surface area (Å²) in [7, 11) is 0. The first-order valence-electron chi connectivity index (χ1n) is 7.08. The first kappa shape index (κ1) is 15.3. The Morgan fingerprint density at radius 1 is 1.05 bits per heavy atom. The highest BCUT2D eigenvalue weighted by molar-refractivity contribution is 7.80. The summed E-state index contributed by atoms with van der Waals surface area (Å²) in [6.07, 6.45) is 1.03. The van der Waals surface area contributed by atoms with Crippen molar-refractivity contribution in [2.24, 2.45) is 0 Å². The summed E-state index contributed by atoms with van der Waals surface area (Å²) in [5, 5.41) is 7.02. The van der Waals surface area contributed by atoms with Crippen molar-refractivity contribution in [3.05, 3.63) is 54.6 Å². The molecule has 0 aliphatic heterocycles. The van der Waals surface area contributed by atoms with Crippen LogP contribution in [-0.2, 0) is 0 Å². The quantitative estimate of drug-likeness (QED) is 0.793. The zero-order chi connectivity index (χ0) is 15.1. The monoisotopic (exact) mass is 300 g/mol. The number of anilines is 1. The zero-order valence-corrected chi connectivity index (χ0v) is 13.1. The topological polar surface area (TPSA) is 33.3 Å². The van der Waals surface area contributed by atoms with Crippen molar-refractivity contribution < 1.29 is 4.74 Å². The van der Waals surface area contributed by atoms with E-state index in [0.29, 0.717) is 11.2 Å². The molecule has 0 aliphatic rings. The SMILES string of the molecule is CC[C@@H](C)NC(=S)Nc1ccc(Oc2ccccc2)cc1. The van der Waals surface area contributed by atoms with Gasteiger partial charge in [0.2, 0.25) is 0 Å². The van der Waals surface area contributed by atoms with E-state index in [0.717, 1.165) is 23.6 Å². The van der Waals surface area contributed by atoms with Crippen LogP contribution in [-0.4, -0.2) is 11.2 Å². The minimum absolute atomic E-state index is 0.366. The molecule has 0 fully saturated rings. The molecule has 0 spiro atoms. The molecule has 0 aromatic heterocycles. The van der Waals surface area contributed by atoms with Crippen molar-refractivity contribution in [2.75, 3.05) is 5.32 Å². The van der Waals surface area contributed by atoms with E-state index in [9.17, 15) is 0 Å². The van der Waals surface area contributed by atoms with E-state index in [1.807, 2.05) is 54.6 Å². The fourth-order valence-corrected chi connectivity index (χ4v) is 2.04. The van der Waals surface area contributed by atoms with Crippen LogP contribution in [0.1, 0.15) is 20.3 Å². The van der Waals surface area contributed by atoms with Crippen LogP contribution < -0.4 is 15.4 Å². The summed E-state index contributed by atoms with van der Waals surface area (Å²) in [6, 6.07) is 17.8. The van der Waals surface area contributed by atoms with Gasteiger partial charge in [0.15, 0.2) is 5.11 Å². The summed E-state index contributed by atoms with van der Waals surface area (Å²) >= 11 is 5.26. The lowest BCUT2D eigenvalue weighted by molar-refractivity contribution is 0.483. The maximum atomic E-state index is 5.74. The number of nitrogens with one attached hydrogen (secondary N) is 2. The highest BCUT2D eigenvalue weighted by Crippen LogP contribution is 2.22. The molecule has 2 aromatic rings. The van der Waals surface area contributed by atoms with E-state index in [-0.39, 0.29) is 0 Å². The van der Waals surface area contributed by atoms with Crippen molar-refractivity contribution in [2.45, 2.75) is 26.3 Å². The number of para-hydroxylation sites is 1. The smallest absolute Gasteiger partial charge is 0.170 e. The maximum Gasteiger partial charge on any atom is 0.170 e. The third-order valence-electron chi connectivity index (χ3n) is 3.08. The van der Waals surface area contributed by atoms with Crippen molar-refractivity contribution in [1.82, 2.24) is 5.32 Å². The third kappa shape index (κ3) is 5.08. The van der Waals surface area contributed by atoms with Crippen molar-refractivity contribution in [1.29, 1.82) is 0 Å². The van der Waals surface area contributed by atoms with E-state index in [2.05, 4.69) is 24.5 Å². The molecule has 0 saturated carbocycles. The first-order chi connectivity index (χ1) is 10.2. The summed E-state index contributed by atoms with van der Waals surface area (Å²) < 4.78 is 5.74. The number of ether oxygens (including phenoxy) is 1. The first-order valence-corrected chi connectivity index (χ1v) is 7.48. The van der Waals surface area contributed by atoms with Crippen LogP contribution in [0.25, 0.3) is 0 Å². The van der Waals surface area contributed by atoms with Crippen LogP contribution in [0.2, 0.25) is 0 Å². The second-order valence-electron chi connectivity index (χ2n) is 4.85. The fraction of sp³-hybridized carbons (Fsp3) is 0.235. The predicted octanol–water partition coefficient (Wildman–Crippen LogP) is 4.56. The minimum atomic E-state index is 0.366. The van der Waals surface area contributed by atoms with Crippen LogP contribution in [0.4, 0.5) is 5.69 Å². The largest absolute Gasteiger partial charge is 0.457 e. The second kappa shape index (κ2) is 7.64.